The summed E-state index contributed by atoms with van der Waals surface area (Å²) < 4.78 is 0. The number of carbonyl (C=O) groups is 1. The van der Waals surface area contributed by atoms with Crippen LogP contribution in [-0.4, -0.2) is 41.2 Å². The molecule has 1 aliphatic heterocycles. The van der Waals surface area contributed by atoms with Crippen LogP contribution < -0.4 is 10.2 Å². The molecule has 2 unspecified atom stereocenters. The van der Waals surface area contributed by atoms with Gasteiger partial charge in [-0.2, -0.15) is 0 Å². The molecule has 1 aromatic carbocycles. The van der Waals surface area contributed by atoms with E-state index in [-0.39, 0.29) is 29.1 Å². The van der Waals surface area contributed by atoms with Gasteiger partial charge in [0.2, 0.25) is 0 Å². The van der Waals surface area contributed by atoms with Gasteiger partial charge in [0, 0.05) is 36.7 Å². The second-order valence-electron chi connectivity index (χ2n) is 6.68. The fraction of sp³-hybridized carbons (Fsp3) is 0.588. The lowest BCUT2D eigenvalue weighted by atomic mass is 9.93. The van der Waals surface area contributed by atoms with Crippen LogP contribution in [0.4, 0.5) is 11.4 Å². The fourth-order valence-corrected chi connectivity index (χ4v) is 3.05. The number of amides is 1. The summed E-state index contributed by atoms with van der Waals surface area (Å²) in [7, 11) is 0. The smallest absolute Gasteiger partial charge is 0.293 e. The number of nitro groups is 1. The van der Waals surface area contributed by atoms with Crippen LogP contribution in [0.1, 0.15) is 44.0 Å². The van der Waals surface area contributed by atoms with Crippen LogP contribution in [0, 0.1) is 16.0 Å². The van der Waals surface area contributed by atoms with E-state index >= 15 is 0 Å². The Labute approximate surface area is 141 Å². The van der Waals surface area contributed by atoms with Crippen molar-refractivity contribution in [3.63, 3.8) is 0 Å². The molecule has 0 bridgehead atoms. The van der Waals surface area contributed by atoms with E-state index in [1.165, 1.54) is 6.07 Å². The van der Waals surface area contributed by atoms with Crippen molar-refractivity contribution >= 4 is 17.3 Å². The number of piperidine rings is 1. The minimum atomic E-state index is -0.451. The fourth-order valence-electron chi connectivity index (χ4n) is 3.05. The SMILES string of the molecule is CC(C)NC(=O)c1ccc(N2CCCC(C(C)O)C2)c([N+](=O)[O-])c1. The van der Waals surface area contributed by atoms with Gasteiger partial charge in [0.05, 0.1) is 11.0 Å². The summed E-state index contributed by atoms with van der Waals surface area (Å²) in [5.74, 6) is -0.220. The van der Waals surface area contributed by atoms with Crippen LogP contribution in [0.3, 0.4) is 0 Å². The van der Waals surface area contributed by atoms with E-state index in [2.05, 4.69) is 5.32 Å². The van der Waals surface area contributed by atoms with Crippen molar-refractivity contribution in [3.05, 3.63) is 33.9 Å². The molecule has 2 atom stereocenters. The molecule has 1 saturated heterocycles. The number of carbonyl (C=O) groups excluding carboxylic acids is 1. The van der Waals surface area contributed by atoms with E-state index in [0.717, 1.165) is 12.8 Å². The maximum absolute atomic E-state index is 12.1. The van der Waals surface area contributed by atoms with E-state index in [0.29, 0.717) is 18.8 Å². The molecule has 2 rings (SSSR count). The van der Waals surface area contributed by atoms with Gasteiger partial charge in [0.25, 0.3) is 11.6 Å². The summed E-state index contributed by atoms with van der Waals surface area (Å²) in [5.41, 5.74) is 0.715. The summed E-state index contributed by atoms with van der Waals surface area (Å²) in [6.45, 7) is 6.72. The highest BCUT2D eigenvalue weighted by molar-refractivity contribution is 5.96. The number of nitrogens with one attached hydrogen (secondary N) is 1. The first-order valence-corrected chi connectivity index (χ1v) is 8.32. The molecule has 24 heavy (non-hydrogen) atoms. The normalized spacial score (nSPS) is 19.2. The van der Waals surface area contributed by atoms with E-state index in [1.54, 1.807) is 19.1 Å². The average Bonchev–Trinajstić information content (AvgIpc) is 2.53. The molecule has 0 saturated carbocycles. The maximum atomic E-state index is 12.1. The molecule has 2 N–H and O–H groups in total. The van der Waals surface area contributed by atoms with E-state index in [4.69, 9.17) is 0 Å². The number of hydrogen-bond acceptors (Lipinski definition) is 5. The Hall–Kier alpha value is -2.15. The lowest BCUT2D eigenvalue weighted by Gasteiger charge is -2.35. The monoisotopic (exact) mass is 335 g/mol. The number of benzene rings is 1. The molecule has 0 spiro atoms. The predicted octanol–water partition coefficient (Wildman–Crippen LogP) is 2.33. The summed E-state index contributed by atoms with van der Waals surface area (Å²) in [5, 5.41) is 24.0. The quantitative estimate of drug-likeness (QED) is 0.636. The van der Waals surface area contributed by atoms with Crippen LogP contribution >= 0.6 is 0 Å². The minimum absolute atomic E-state index is 0.0369. The maximum Gasteiger partial charge on any atom is 0.293 e. The van der Waals surface area contributed by atoms with Gasteiger partial charge in [0.1, 0.15) is 5.69 Å². The summed E-state index contributed by atoms with van der Waals surface area (Å²) >= 11 is 0. The van der Waals surface area contributed by atoms with Gasteiger partial charge >= 0.3 is 0 Å². The number of hydrogen-bond donors (Lipinski definition) is 2. The molecule has 1 fully saturated rings. The Balaban J connectivity index is 2.30. The Kier molecular flexibility index (Phi) is 5.77. The van der Waals surface area contributed by atoms with E-state index in [1.807, 2.05) is 18.7 Å². The number of nitrogens with zero attached hydrogens (tertiary/aromatic N) is 2. The molecule has 7 nitrogen and oxygen atoms in total. The van der Waals surface area contributed by atoms with Gasteiger partial charge in [-0.15, -0.1) is 0 Å². The first-order chi connectivity index (χ1) is 11.3. The number of anilines is 1. The van der Waals surface area contributed by atoms with E-state index in [9.17, 15) is 20.0 Å². The third kappa shape index (κ3) is 4.23. The van der Waals surface area contributed by atoms with Crippen LogP contribution in [0.25, 0.3) is 0 Å². The standard InChI is InChI=1S/C17H25N3O4/c1-11(2)18-17(22)13-6-7-15(16(9-13)20(23)24)19-8-4-5-14(10-19)12(3)21/h6-7,9,11-12,14,21H,4-5,8,10H2,1-3H3,(H,18,22). The third-order valence-corrected chi connectivity index (χ3v) is 4.33. The van der Waals surface area contributed by atoms with Gasteiger partial charge in [-0.1, -0.05) is 0 Å². The summed E-state index contributed by atoms with van der Waals surface area (Å²) in [6.07, 6.45) is 1.35. The molecule has 0 radical (unpaired) electrons. The number of nitro benzene ring substituents is 1. The number of aliphatic hydroxyl groups is 1. The largest absolute Gasteiger partial charge is 0.393 e. The van der Waals surface area contributed by atoms with Crippen molar-refractivity contribution in [2.24, 2.45) is 5.92 Å². The van der Waals surface area contributed by atoms with Gasteiger partial charge < -0.3 is 15.3 Å². The number of aliphatic hydroxyl groups excluding tert-OH is 1. The molecule has 1 aliphatic rings. The highest BCUT2D eigenvalue weighted by atomic mass is 16.6. The molecule has 0 aliphatic carbocycles. The number of rotatable bonds is 5. The van der Waals surface area contributed by atoms with Gasteiger partial charge in [-0.3, -0.25) is 14.9 Å². The molecular weight excluding hydrogens is 310 g/mol. The van der Waals surface area contributed by atoms with Crippen molar-refractivity contribution in [3.8, 4) is 0 Å². The molecular formula is C17H25N3O4. The van der Waals surface area contributed by atoms with Gasteiger partial charge in [-0.05, 0) is 45.7 Å². The molecule has 1 aromatic rings. The summed E-state index contributed by atoms with van der Waals surface area (Å²) in [6, 6.07) is 4.55. The van der Waals surface area contributed by atoms with Crippen molar-refractivity contribution in [2.45, 2.75) is 45.8 Å². The topological polar surface area (TPSA) is 95.7 Å². The molecule has 7 heteroatoms. The highest BCUT2D eigenvalue weighted by Crippen LogP contribution is 2.33. The first-order valence-electron chi connectivity index (χ1n) is 8.32. The minimum Gasteiger partial charge on any atom is -0.393 e. The Morgan fingerprint density at radius 3 is 2.71 bits per heavy atom. The molecule has 0 aromatic heterocycles. The zero-order chi connectivity index (χ0) is 17.9. The third-order valence-electron chi connectivity index (χ3n) is 4.33. The Morgan fingerprint density at radius 1 is 1.42 bits per heavy atom. The molecule has 132 valence electrons. The second kappa shape index (κ2) is 7.61. The lowest BCUT2D eigenvalue weighted by Crippen LogP contribution is -2.39. The Bertz CT molecular complexity index is 616. The van der Waals surface area contributed by atoms with Crippen LogP contribution in [0.2, 0.25) is 0 Å². The van der Waals surface area contributed by atoms with Crippen molar-refractivity contribution in [2.75, 3.05) is 18.0 Å². The van der Waals surface area contributed by atoms with Crippen LogP contribution in [0.5, 0.6) is 0 Å². The zero-order valence-corrected chi connectivity index (χ0v) is 14.4. The van der Waals surface area contributed by atoms with Crippen LogP contribution in [-0.2, 0) is 0 Å². The highest BCUT2D eigenvalue weighted by Gasteiger charge is 2.28. The van der Waals surface area contributed by atoms with Gasteiger partial charge in [-0.25, -0.2) is 0 Å². The van der Waals surface area contributed by atoms with Crippen molar-refractivity contribution < 1.29 is 14.8 Å². The average molecular weight is 335 g/mol. The van der Waals surface area contributed by atoms with Crippen LogP contribution in [0.15, 0.2) is 18.2 Å². The van der Waals surface area contributed by atoms with Gasteiger partial charge in [0.15, 0.2) is 0 Å². The lowest BCUT2D eigenvalue weighted by molar-refractivity contribution is -0.384. The predicted molar refractivity (Wildman–Crippen MR) is 92.3 cm³/mol. The Morgan fingerprint density at radius 2 is 2.12 bits per heavy atom. The summed E-state index contributed by atoms with van der Waals surface area (Å²) in [4.78, 5) is 25.0. The molecule has 1 heterocycles. The molecule has 1 amide bonds. The van der Waals surface area contributed by atoms with E-state index < -0.39 is 11.0 Å². The van der Waals surface area contributed by atoms with Crippen molar-refractivity contribution in [1.82, 2.24) is 5.32 Å². The zero-order valence-electron chi connectivity index (χ0n) is 14.4. The second-order valence-corrected chi connectivity index (χ2v) is 6.68. The first kappa shape index (κ1) is 18.2. The van der Waals surface area contributed by atoms with Crippen molar-refractivity contribution in [1.29, 1.82) is 0 Å².